The summed E-state index contributed by atoms with van der Waals surface area (Å²) >= 11 is 0. The van der Waals surface area contributed by atoms with Crippen molar-refractivity contribution in [2.45, 2.75) is 82.8 Å². The van der Waals surface area contributed by atoms with Crippen molar-refractivity contribution in [2.24, 2.45) is 17.8 Å². The van der Waals surface area contributed by atoms with Crippen LogP contribution in [0.2, 0.25) is 0 Å². The highest BCUT2D eigenvalue weighted by molar-refractivity contribution is 4.87. The second kappa shape index (κ2) is 9.39. The lowest BCUT2D eigenvalue weighted by atomic mass is 9.69. The minimum Gasteiger partial charge on any atom is -0.382 e. The van der Waals surface area contributed by atoms with E-state index in [9.17, 15) is 0 Å². The molecule has 0 aromatic heterocycles. The Kier molecular flexibility index (Phi) is 7.22. The quantitative estimate of drug-likeness (QED) is 0.641. The van der Waals surface area contributed by atoms with Crippen LogP contribution < -0.4 is 0 Å². The van der Waals surface area contributed by atoms with E-state index >= 15 is 0 Å². The zero-order chi connectivity index (χ0) is 15.9. The number of rotatable bonds is 7. The fourth-order valence-electron chi connectivity index (χ4n) is 5.03. The summed E-state index contributed by atoms with van der Waals surface area (Å²) in [5, 5.41) is 0. The Balaban J connectivity index is 1.35. The van der Waals surface area contributed by atoms with Gasteiger partial charge in [-0.05, 0) is 69.1 Å². The first-order chi connectivity index (χ1) is 11.3. The number of fused-ring (bicyclic) bond motifs is 1. The molecule has 0 aromatic carbocycles. The van der Waals surface area contributed by atoms with Gasteiger partial charge in [0.1, 0.15) is 0 Å². The Hall–Kier alpha value is -0.120. The molecule has 3 heteroatoms. The molecule has 0 saturated heterocycles. The van der Waals surface area contributed by atoms with E-state index in [2.05, 4.69) is 0 Å². The number of hydrogen-bond acceptors (Lipinski definition) is 3. The molecular formula is C20H36O3. The zero-order valence-corrected chi connectivity index (χ0v) is 15.0. The van der Waals surface area contributed by atoms with Crippen molar-refractivity contribution in [1.29, 1.82) is 0 Å². The van der Waals surface area contributed by atoms with Gasteiger partial charge in [-0.25, -0.2) is 0 Å². The first kappa shape index (κ1) is 17.7. The van der Waals surface area contributed by atoms with Gasteiger partial charge >= 0.3 is 0 Å². The van der Waals surface area contributed by atoms with E-state index < -0.39 is 0 Å². The van der Waals surface area contributed by atoms with E-state index in [0.29, 0.717) is 12.2 Å². The molecule has 0 spiro atoms. The standard InChI is InChI=1S/C20H36O3/c1-21-11-12-22-19-9-7-18-14-20(10-8-17(18)13-19)23-15-16-5-3-2-4-6-16/h16-20H,2-15H2,1H3. The third-order valence-electron chi connectivity index (χ3n) is 6.45. The van der Waals surface area contributed by atoms with Crippen LogP contribution in [0.5, 0.6) is 0 Å². The van der Waals surface area contributed by atoms with Crippen molar-refractivity contribution in [2.75, 3.05) is 26.9 Å². The molecule has 0 aliphatic heterocycles. The van der Waals surface area contributed by atoms with E-state index in [4.69, 9.17) is 14.2 Å². The predicted molar refractivity (Wildman–Crippen MR) is 92.6 cm³/mol. The van der Waals surface area contributed by atoms with Crippen LogP contribution in [-0.4, -0.2) is 39.1 Å². The van der Waals surface area contributed by atoms with Gasteiger partial charge in [-0.3, -0.25) is 0 Å². The first-order valence-electron chi connectivity index (χ1n) is 10.1. The fraction of sp³-hybridized carbons (Fsp3) is 1.00. The predicted octanol–water partition coefficient (Wildman–Crippen LogP) is 4.58. The number of methoxy groups -OCH3 is 1. The molecule has 3 saturated carbocycles. The molecule has 3 fully saturated rings. The van der Waals surface area contributed by atoms with Crippen molar-refractivity contribution in [3.8, 4) is 0 Å². The summed E-state index contributed by atoms with van der Waals surface area (Å²) in [7, 11) is 1.74. The van der Waals surface area contributed by atoms with E-state index in [1.54, 1.807) is 7.11 Å². The van der Waals surface area contributed by atoms with E-state index in [0.717, 1.165) is 37.6 Å². The van der Waals surface area contributed by atoms with E-state index in [-0.39, 0.29) is 0 Å². The van der Waals surface area contributed by atoms with Gasteiger partial charge in [-0.2, -0.15) is 0 Å². The molecule has 0 amide bonds. The highest BCUT2D eigenvalue weighted by Crippen LogP contribution is 2.42. The van der Waals surface area contributed by atoms with Gasteiger partial charge in [0.2, 0.25) is 0 Å². The number of hydrogen-bond donors (Lipinski definition) is 0. The molecule has 23 heavy (non-hydrogen) atoms. The molecule has 0 aromatic rings. The number of ether oxygens (including phenoxy) is 3. The maximum absolute atomic E-state index is 6.33. The van der Waals surface area contributed by atoms with Gasteiger partial charge < -0.3 is 14.2 Å². The summed E-state index contributed by atoms with van der Waals surface area (Å²) < 4.78 is 17.4. The van der Waals surface area contributed by atoms with Crippen LogP contribution in [-0.2, 0) is 14.2 Å². The Morgan fingerprint density at radius 3 is 2.00 bits per heavy atom. The van der Waals surface area contributed by atoms with Gasteiger partial charge in [-0.15, -0.1) is 0 Å². The summed E-state index contributed by atoms with van der Waals surface area (Å²) in [5.41, 5.74) is 0. The third-order valence-corrected chi connectivity index (χ3v) is 6.45. The van der Waals surface area contributed by atoms with Crippen LogP contribution in [0.15, 0.2) is 0 Å². The molecule has 3 aliphatic rings. The summed E-state index contributed by atoms with van der Waals surface area (Å²) in [6.07, 6.45) is 15.9. The zero-order valence-electron chi connectivity index (χ0n) is 15.0. The normalized spacial score (nSPS) is 35.9. The summed E-state index contributed by atoms with van der Waals surface area (Å²) in [6, 6.07) is 0. The average molecular weight is 325 g/mol. The molecule has 0 heterocycles. The van der Waals surface area contributed by atoms with Crippen LogP contribution in [0.1, 0.15) is 70.6 Å². The Bertz CT molecular complexity index is 327. The largest absolute Gasteiger partial charge is 0.382 e. The molecule has 0 bridgehead atoms. The highest BCUT2D eigenvalue weighted by atomic mass is 16.5. The summed E-state index contributed by atoms with van der Waals surface area (Å²) in [5.74, 6) is 2.62. The molecule has 0 N–H and O–H groups in total. The van der Waals surface area contributed by atoms with Crippen LogP contribution in [0, 0.1) is 17.8 Å². The van der Waals surface area contributed by atoms with Crippen molar-refractivity contribution < 1.29 is 14.2 Å². The molecule has 4 unspecified atom stereocenters. The van der Waals surface area contributed by atoms with Crippen LogP contribution in [0.25, 0.3) is 0 Å². The molecule has 0 radical (unpaired) electrons. The minimum absolute atomic E-state index is 0.478. The Morgan fingerprint density at radius 1 is 0.696 bits per heavy atom. The maximum atomic E-state index is 6.33. The van der Waals surface area contributed by atoms with Crippen molar-refractivity contribution >= 4 is 0 Å². The molecule has 4 atom stereocenters. The molecule has 3 nitrogen and oxygen atoms in total. The third kappa shape index (κ3) is 5.44. The molecule has 3 aliphatic carbocycles. The van der Waals surface area contributed by atoms with Gasteiger partial charge in [0.25, 0.3) is 0 Å². The van der Waals surface area contributed by atoms with Gasteiger partial charge in [0.05, 0.1) is 25.4 Å². The molecule has 134 valence electrons. The van der Waals surface area contributed by atoms with Crippen molar-refractivity contribution in [3.63, 3.8) is 0 Å². The topological polar surface area (TPSA) is 27.7 Å². The van der Waals surface area contributed by atoms with Crippen LogP contribution >= 0.6 is 0 Å². The van der Waals surface area contributed by atoms with E-state index in [1.807, 2.05) is 0 Å². The maximum Gasteiger partial charge on any atom is 0.0704 e. The fourth-order valence-corrected chi connectivity index (χ4v) is 5.03. The van der Waals surface area contributed by atoms with Crippen LogP contribution in [0.4, 0.5) is 0 Å². The smallest absolute Gasteiger partial charge is 0.0704 e. The molecule has 3 rings (SSSR count). The average Bonchev–Trinajstić information content (AvgIpc) is 2.61. The Morgan fingerprint density at radius 2 is 1.35 bits per heavy atom. The second-order valence-corrected chi connectivity index (χ2v) is 8.09. The molecular weight excluding hydrogens is 288 g/mol. The van der Waals surface area contributed by atoms with Crippen molar-refractivity contribution in [3.05, 3.63) is 0 Å². The summed E-state index contributed by atoms with van der Waals surface area (Å²) in [4.78, 5) is 0. The van der Waals surface area contributed by atoms with Gasteiger partial charge in [0.15, 0.2) is 0 Å². The SMILES string of the molecule is COCCOC1CCC2CC(OCC3CCCCC3)CCC2C1. The lowest BCUT2D eigenvalue weighted by Gasteiger charge is -2.42. The second-order valence-electron chi connectivity index (χ2n) is 8.09. The van der Waals surface area contributed by atoms with Gasteiger partial charge in [-0.1, -0.05) is 19.3 Å². The minimum atomic E-state index is 0.478. The lowest BCUT2D eigenvalue weighted by Crippen LogP contribution is -2.37. The first-order valence-corrected chi connectivity index (χ1v) is 10.1. The lowest BCUT2D eigenvalue weighted by molar-refractivity contribution is -0.0644. The van der Waals surface area contributed by atoms with Gasteiger partial charge in [0, 0.05) is 13.7 Å². The van der Waals surface area contributed by atoms with Crippen molar-refractivity contribution in [1.82, 2.24) is 0 Å². The highest BCUT2D eigenvalue weighted by Gasteiger charge is 2.36. The van der Waals surface area contributed by atoms with E-state index in [1.165, 1.54) is 70.6 Å². The summed E-state index contributed by atoms with van der Waals surface area (Å²) in [6.45, 7) is 2.51. The Labute approximate surface area is 142 Å². The monoisotopic (exact) mass is 324 g/mol. The van der Waals surface area contributed by atoms with Crippen LogP contribution in [0.3, 0.4) is 0 Å².